The number of anilines is 2. The summed E-state index contributed by atoms with van der Waals surface area (Å²) in [5, 5.41) is 0. The standard InChI is InChI=1S/C13H21N3/c1-13(2,10-14)16-9-8-15(3)11-6-4-5-7-12(11)16/h4-7H,8-10,14H2,1-3H3. The minimum atomic E-state index is 0.0252. The minimum Gasteiger partial charge on any atom is -0.371 e. The second kappa shape index (κ2) is 3.98. The third kappa shape index (κ3) is 1.76. The Labute approximate surface area is 97.8 Å². The molecule has 1 heterocycles. The van der Waals surface area contributed by atoms with Gasteiger partial charge in [-0.2, -0.15) is 0 Å². The van der Waals surface area contributed by atoms with Crippen LogP contribution in [0.1, 0.15) is 13.8 Å². The van der Waals surface area contributed by atoms with E-state index in [9.17, 15) is 0 Å². The molecule has 0 atom stereocenters. The van der Waals surface area contributed by atoms with Crippen LogP contribution in [0.25, 0.3) is 0 Å². The molecule has 0 unspecified atom stereocenters. The van der Waals surface area contributed by atoms with E-state index in [0.29, 0.717) is 6.54 Å². The SMILES string of the molecule is CN1CCN(C(C)(C)CN)c2ccccc21. The van der Waals surface area contributed by atoms with E-state index in [1.54, 1.807) is 0 Å². The summed E-state index contributed by atoms with van der Waals surface area (Å²) in [7, 11) is 2.14. The van der Waals surface area contributed by atoms with Crippen LogP contribution in [0.3, 0.4) is 0 Å². The highest BCUT2D eigenvalue weighted by atomic mass is 15.3. The van der Waals surface area contributed by atoms with Crippen LogP contribution in [0.5, 0.6) is 0 Å². The summed E-state index contributed by atoms with van der Waals surface area (Å²) in [6.07, 6.45) is 0. The maximum atomic E-state index is 5.87. The first-order valence-electron chi connectivity index (χ1n) is 5.84. The van der Waals surface area contributed by atoms with E-state index in [4.69, 9.17) is 5.73 Å². The summed E-state index contributed by atoms with van der Waals surface area (Å²) in [5.41, 5.74) is 8.50. The van der Waals surface area contributed by atoms with Crippen molar-refractivity contribution < 1.29 is 0 Å². The zero-order chi connectivity index (χ0) is 11.8. The van der Waals surface area contributed by atoms with Crippen molar-refractivity contribution in [2.24, 2.45) is 5.73 Å². The number of nitrogens with two attached hydrogens (primary N) is 1. The van der Waals surface area contributed by atoms with Gasteiger partial charge in [-0.05, 0) is 26.0 Å². The van der Waals surface area contributed by atoms with Crippen molar-refractivity contribution in [1.82, 2.24) is 0 Å². The summed E-state index contributed by atoms with van der Waals surface area (Å²) >= 11 is 0. The molecular formula is C13H21N3. The van der Waals surface area contributed by atoms with Crippen molar-refractivity contribution in [3.8, 4) is 0 Å². The second-order valence-corrected chi connectivity index (χ2v) is 5.08. The fourth-order valence-corrected chi connectivity index (χ4v) is 2.25. The van der Waals surface area contributed by atoms with E-state index in [-0.39, 0.29) is 5.54 Å². The second-order valence-electron chi connectivity index (χ2n) is 5.08. The molecule has 1 aromatic rings. The van der Waals surface area contributed by atoms with E-state index in [1.807, 2.05) is 0 Å². The number of para-hydroxylation sites is 2. The predicted octanol–water partition coefficient (Wildman–Crippen LogP) is 1.68. The Morgan fingerprint density at radius 1 is 1.19 bits per heavy atom. The zero-order valence-corrected chi connectivity index (χ0v) is 10.4. The van der Waals surface area contributed by atoms with E-state index in [0.717, 1.165) is 13.1 Å². The lowest BCUT2D eigenvalue weighted by Gasteiger charge is -2.45. The van der Waals surface area contributed by atoms with Crippen LogP contribution in [-0.2, 0) is 0 Å². The van der Waals surface area contributed by atoms with Crippen LogP contribution in [0.15, 0.2) is 24.3 Å². The Bertz CT molecular complexity index is 373. The van der Waals surface area contributed by atoms with E-state index >= 15 is 0 Å². The number of hydrogen-bond donors (Lipinski definition) is 1. The van der Waals surface area contributed by atoms with E-state index < -0.39 is 0 Å². The van der Waals surface area contributed by atoms with Gasteiger partial charge in [0.2, 0.25) is 0 Å². The highest BCUT2D eigenvalue weighted by Crippen LogP contribution is 2.35. The molecule has 88 valence electrons. The lowest BCUT2D eigenvalue weighted by molar-refractivity contribution is 0.464. The molecule has 2 rings (SSSR count). The van der Waals surface area contributed by atoms with Gasteiger partial charge in [0.15, 0.2) is 0 Å². The number of nitrogens with zero attached hydrogens (tertiary/aromatic N) is 2. The van der Waals surface area contributed by atoms with Crippen molar-refractivity contribution >= 4 is 11.4 Å². The smallest absolute Gasteiger partial charge is 0.0609 e. The monoisotopic (exact) mass is 219 g/mol. The first kappa shape index (κ1) is 11.3. The molecule has 0 bridgehead atoms. The van der Waals surface area contributed by atoms with Crippen LogP contribution in [0.4, 0.5) is 11.4 Å². The first-order chi connectivity index (χ1) is 7.56. The molecule has 0 aliphatic carbocycles. The Kier molecular flexibility index (Phi) is 2.80. The first-order valence-corrected chi connectivity index (χ1v) is 5.84. The Hall–Kier alpha value is -1.22. The molecule has 1 aromatic carbocycles. The van der Waals surface area contributed by atoms with Gasteiger partial charge < -0.3 is 15.5 Å². The van der Waals surface area contributed by atoms with Gasteiger partial charge in [-0.25, -0.2) is 0 Å². The van der Waals surface area contributed by atoms with Crippen LogP contribution >= 0.6 is 0 Å². The normalized spacial score (nSPS) is 16.2. The number of rotatable bonds is 2. The Morgan fingerprint density at radius 3 is 2.44 bits per heavy atom. The lowest BCUT2D eigenvalue weighted by atomic mass is 9.99. The van der Waals surface area contributed by atoms with Gasteiger partial charge in [-0.3, -0.25) is 0 Å². The summed E-state index contributed by atoms with van der Waals surface area (Å²) < 4.78 is 0. The van der Waals surface area contributed by atoms with Crippen molar-refractivity contribution in [3.05, 3.63) is 24.3 Å². The third-order valence-corrected chi connectivity index (χ3v) is 3.47. The van der Waals surface area contributed by atoms with Gasteiger partial charge in [0.25, 0.3) is 0 Å². The number of hydrogen-bond acceptors (Lipinski definition) is 3. The third-order valence-electron chi connectivity index (χ3n) is 3.47. The molecule has 0 aromatic heterocycles. The molecule has 2 N–H and O–H groups in total. The maximum absolute atomic E-state index is 5.87. The molecule has 3 nitrogen and oxygen atoms in total. The Balaban J connectivity index is 2.42. The fraction of sp³-hybridized carbons (Fsp3) is 0.538. The fourth-order valence-electron chi connectivity index (χ4n) is 2.25. The highest BCUT2D eigenvalue weighted by molar-refractivity contribution is 5.74. The van der Waals surface area contributed by atoms with Gasteiger partial charge in [0, 0.05) is 32.2 Å². The van der Waals surface area contributed by atoms with Gasteiger partial charge in [-0.15, -0.1) is 0 Å². The van der Waals surface area contributed by atoms with Gasteiger partial charge in [-0.1, -0.05) is 12.1 Å². The van der Waals surface area contributed by atoms with Gasteiger partial charge in [0.1, 0.15) is 0 Å². The van der Waals surface area contributed by atoms with E-state index in [1.165, 1.54) is 11.4 Å². The van der Waals surface area contributed by atoms with Crippen LogP contribution in [0, 0.1) is 0 Å². The lowest BCUT2D eigenvalue weighted by Crippen LogP contribution is -2.54. The van der Waals surface area contributed by atoms with Crippen LogP contribution < -0.4 is 15.5 Å². The highest BCUT2D eigenvalue weighted by Gasteiger charge is 2.30. The van der Waals surface area contributed by atoms with Gasteiger partial charge >= 0.3 is 0 Å². The summed E-state index contributed by atoms with van der Waals surface area (Å²) in [4.78, 5) is 4.72. The zero-order valence-electron chi connectivity index (χ0n) is 10.4. The molecule has 0 fully saturated rings. The molecular weight excluding hydrogens is 198 g/mol. The summed E-state index contributed by atoms with van der Waals surface area (Å²) in [6, 6.07) is 8.54. The maximum Gasteiger partial charge on any atom is 0.0609 e. The van der Waals surface area contributed by atoms with Crippen molar-refractivity contribution in [2.75, 3.05) is 36.5 Å². The summed E-state index contributed by atoms with van der Waals surface area (Å²) in [5.74, 6) is 0. The minimum absolute atomic E-state index is 0.0252. The molecule has 0 spiro atoms. The molecule has 16 heavy (non-hydrogen) atoms. The van der Waals surface area contributed by atoms with Crippen LogP contribution in [-0.4, -0.2) is 32.2 Å². The number of fused-ring (bicyclic) bond motifs is 1. The van der Waals surface area contributed by atoms with Crippen molar-refractivity contribution in [3.63, 3.8) is 0 Å². The largest absolute Gasteiger partial charge is 0.371 e. The molecule has 1 aliphatic heterocycles. The molecule has 1 aliphatic rings. The molecule has 0 saturated carbocycles. The number of benzene rings is 1. The number of likely N-dealkylation sites (N-methyl/N-ethyl adjacent to an activating group) is 1. The average molecular weight is 219 g/mol. The molecule has 0 saturated heterocycles. The topological polar surface area (TPSA) is 32.5 Å². The van der Waals surface area contributed by atoms with Crippen LogP contribution in [0.2, 0.25) is 0 Å². The predicted molar refractivity (Wildman–Crippen MR) is 70.2 cm³/mol. The van der Waals surface area contributed by atoms with Gasteiger partial charge in [0.05, 0.1) is 11.4 Å². The molecule has 0 radical (unpaired) electrons. The summed E-state index contributed by atoms with van der Waals surface area (Å²) in [6.45, 7) is 7.17. The Morgan fingerprint density at radius 2 is 1.81 bits per heavy atom. The average Bonchev–Trinajstić information content (AvgIpc) is 2.29. The molecule has 3 heteroatoms. The van der Waals surface area contributed by atoms with Crippen molar-refractivity contribution in [2.45, 2.75) is 19.4 Å². The quantitative estimate of drug-likeness (QED) is 0.821. The molecule has 0 amide bonds. The van der Waals surface area contributed by atoms with E-state index in [2.05, 4.69) is 55.0 Å². The van der Waals surface area contributed by atoms with Crippen molar-refractivity contribution in [1.29, 1.82) is 0 Å².